The van der Waals surface area contributed by atoms with Gasteiger partial charge in [0.1, 0.15) is 0 Å². The third-order valence-electron chi connectivity index (χ3n) is 4.08. The summed E-state index contributed by atoms with van der Waals surface area (Å²) < 4.78 is 0. The Bertz CT molecular complexity index is 178. The van der Waals surface area contributed by atoms with Crippen LogP contribution >= 0.6 is 0 Å². The molecule has 2 aliphatic carbocycles. The lowest BCUT2D eigenvalue weighted by Crippen LogP contribution is -2.40. The van der Waals surface area contributed by atoms with Crippen LogP contribution in [0.5, 0.6) is 0 Å². The molecule has 0 bridgehead atoms. The van der Waals surface area contributed by atoms with Gasteiger partial charge in [-0.05, 0) is 43.4 Å². The van der Waals surface area contributed by atoms with Crippen molar-refractivity contribution >= 4 is 0 Å². The van der Waals surface area contributed by atoms with E-state index in [0.29, 0.717) is 5.92 Å². The highest BCUT2D eigenvalue weighted by Gasteiger charge is 2.47. The SMILES string of the molecule is CC1CCC2C(C)CCC2(O)C1. The molecule has 0 aromatic heterocycles. The molecular weight excluding hydrogens is 148 g/mol. The molecule has 2 fully saturated rings. The van der Waals surface area contributed by atoms with E-state index in [0.717, 1.165) is 24.7 Å². The van der Waals surface area contributed by atoms with E-state index in [1.807, 2.05) is 0 Å². The Morgan fingerprint density at radius 1 is 1.17 bits per heavy atom. The van der Waals surface area contributed by atoms with Gasteiger partial charge in [0.15, 0.2) is 0 Å². The highest BCUT2D eigenvalue weighted by Crippen LogP contribution is 2.50. The fraction of sp³-hybridized carbons (Fsp3) is 1.00. The van der Waals surface area contributed by atoms with Gasteiger partial charge >= 0.3 is 0 Å². The summed E-state index contributed by atoms with van der Waals surface area (Å²) in [7, 11) is 0. The quantitative estimate of drug-likeness (QED) is 0.589. The molecular formula is C11H20O. The summed E-state index contributed by atoms with van der Waals surface area (Å²) in [5.41, 5.74) is -0.267. The van der Waals surface area contributed by atoms with Gasteiger partial charge in [-0.25, -0.2) is 0 Å². The van der Waals surface area contributed by atoms with Gasteiger partial charge in [0.25, 0.3) is 0 Å². The maximum Gasteiger partial charge on any atom is 0.0681 e. The highest BCUT2D eigenvalue weighted by molar-refractivity contribution is 4.99. The number of rotatable bonds is 0. The fourth-order valence-corrected chi connectivity index (χ4v) is 3.37. The Balaban J connectivity index is 2.14. The molecule has 0 aromatic rings. The summed E-state index contributed by atoms with van der Waals surface area (Å²) in [6, 6.07) is 0. The number of aliphatic hydroxyl groups is 1. The van der Waals surface area contributed by atoms with Gasteiger partial charge in [-0.2, -0.15) is 0 Å². The lowest BCUT2D eigenvalue weighted by Gasteiger charge is -2.39. The van der Waals surface area contributed by atoms with E-state index in [9.17, 15) is 5.11 Å². The summed E-state index contributed by atoms with van der Waals surface area (Å²) >= 11 is 0. The number of fused-ring (bicyclic) bond motifs is 1. The molecule has 1 N–H and O–H groups in total. The second-order valence-corrected chi connectivity index (χ2v) is 5.11. The van der Waals surface area contributed by atoms with Crippen LogP contribution in [0.2, 0.25) is 0 Å². The van der Waals surface area contributed by atoms with E-state index >= 15 is 0 Å². The molecule has 2 saturated carbocycles. The molecule has 1 nitrogen and oxygen atoms in total. The normalized spacial score (nSPS) is 53.8. The first kappa shape index (κ1) is 8.55. The molecule has 0 heterocycles. The topological polar surface area (TPSA) is 20.2 Å². The minimum absolute atomic E-state index is 0.267. The second kappa shape index (κ2) is 2.73. The van der Waals surface area contributed by atoms with Gasteiger partial charge in [-0.15, -0.1) is 0 Å². The van der Waals surface area contributed by atoms with Gasteiger partial charge in [-0.3, -0.25) is 0 Å². The predicted octanol–water partition coefficient (Wildman–Crippen LogP) is 2.58. The average Bonchev–Trinajstić information content (AvgIpc) is 2.27. The fourth-order valence-electron chi connectivity index (χ4n) is 3.37. The minimum atomic E-state index is -0.267. The number of hydrogen-bond acceptors (Lipinski definition) is 1. The predicted molar refractivity (Wildman–Crippen MR) is 49.9 cm³/mol. The van der Waals surface area contributed by atoms with Crippen molar-refractivity contribution in [2.24, 2.45) is 17.8 Å². The van der Waals surface area contributed by atoms with Crippen molar-refractivity contribution in [3.05, 3.63) is 0 Å². The number of hydrogen-bond donors (Lipinski definition) is 1. The van der Waals surface area contributed by atoms with E-state index in [1.54, 1.807) is 0 Å². The highest BCUT2D eigenvalue weighted by atomic mass is 16.3. The molecule has 2 aliphatic rings. The Kier molecular flexibility index (Phi) is 1.95. The third-order valence-corrected chi connectivity index (χ3v) is 4.08. The van der Waals surface area contributed by atoms with Crippen LogP contribution in [0.1, 0.15) is 46.0 Å². The van der Waals surface area contributed by atoms with Crippen molar-refractivity contribution in [2.45, 2.75) is 51.6 Å². The van der Waals surface area contributed by atoms with Crippen molar-refractivity contribution in [1.29, 1.82) is 0 Å². The van der Waals surface area contributed by atoms with Gasteiger partial charge in [0.05, 0.1) is 5.60 Å². The van der Waals surface area contributed by atoms with Crippen molar-refractivity contribution in [3.63, 3.8) is 0 Å². The molecule has 0 saturated heterocycles. The standard InChI is InChI=1S/C11H20O/c1-8-3-4-10-9(2)5-6-11(10,12)7-8/h8-10,12H,3-7H2,1-2H3. The molecule has 0 aromatic carbocycles. The summed E-state index contributed by atoms with van der Waals surface area (Å²) in [4.78, 5) is 0. The van der Waals surface area contributed by atoms with Crippen LogP contribution in [0, 0.1) is 17.8 Å². The smallest absolute Gasteiger partial charge is 0.0681 e. The van der Waals surface area contributed by atoms with Gasteiger partial charge in [-0.1, -0.05) is 20.3 Å². The van der Waals surface area contributed by atoms with E-state index in [-0.39, 0.29) is 5.60 Å². The molecule has 70 valence electrons. The van der Waals surface area contributed by atoms with E-state index in [2.05, 4.69) is 13.8 Å². The van der Waals surface area contributed by atoms with E-state index in [1.165, 1.54) is 19.3 Å². The molecule has 1 heteroatoms. The van der Waals surface area contributed by atoms with Crippen LogP contribution in [0.25, 0.3) is 0 Å². The Morgan fingerprint density at radius 2 is 1.92 bits per heavy atom. The lowest BCUT2D eigenvalue weighted by molar-refractivity contribution is -0.0514. The van der Waals surface area contributed by atoms with E-state index in [4.69, 9.17) is 0 Å². The first-order valence-corrected chi connectivity index (χ1v) is 5.34. The first-order chi connectivity index (χ1) is 5.62. The summed E-state index contributed by atoms with van der Waals surface area (Å²) in [6.07, 6.45) is 5.95. The second-order valence-electron chi connectivity index (χ2n) is 5.11. The van der Waals surface area contributed by atoms with Crippen molar-refractivity contribution in [3.8, 4) is 0 Å². The van der Waals surface area contributed by atoms with Crippen molar-refractivity contribution in [2.75, 3.05) is 0 Å². The van der Waals surface area contributed by atoms with Crippen molar-refractivity contribution < 1.29 is 5.11 Å². The average molecular weight is 168 g/mol. The first-order valence-electron chi connectivity index (χ1n) is 5.34. The van der Waals surface area contributed by atoms with Crippen molar-refractivity contribution in [1.82, 2.24) is 0 Å². The zero-order valence-corrected chi connectivity index (χ0v) is 8.21. The minimum Gasteiger partial charge on any atom is -0.390 e. The van der Waals surface area contributed by atoms with Gasteiger partial charge < -0.3 is 5.11 Å². The molecule has 2 rings (SSSR count). The largest absolute Gasteiger partial charge is 0.390 e. The summed E-state index contributed by atoms with van der Waals surface area (Å²) in [5, 5.41) is 10.4. The molecule has 0 amide bonds. The van der Waals surface area contributed by atoms with Gasteiger partial charge in [0, 0.05) is 0 Å². The Labute approximate surface area is 75.2 Å². The molecule has 12 heavy (non-hydrogen) atoms. The molecule has 0 spiro atoms. The summed E-state index contributed by atoms with van der Waals surface area (Å²) in [6.45, 7) is 4.58. The maximum atomic E-state index is 10.4. The lowest BCUT2D eigenvalue weighted by atomic mass is 9.71. The van der Waals surface area contributed by atoms with Crippen LogP contribution in [-0.2, 0) is 0 Å². The van der Waals surface area contributed by atoms with Crippen LogP contribution in [-0.4, -0.2) is 10.7 Å². The Morgan fingerprint density at radius 3 is 2.67 bits per heavy atom. The van der Waals surface area contributed by atoms with Crippen LogP contribution in [0.15, 0.2) is 0 Å². The van der Waals surface area contributed by atoms with Crippen LogP contribution < -0.4 is 0 Å². The zero-order chi connectivity index (χ0) is 8.77. The summed E-state index contributed by atoms with van der Waals surface area (Å²) in [5.74, 6) is 2.13. The molecule has 0 radical (unpaired) electrons. The van der Waals surface area contributed by atoms with E-state index < -0.39 is 0 Å². The zero-order valence-electron chi connectivity index (χ0n) is 8.21. The molecule has 4 atom stereocenters. The van der Waals surface area contributed by atoms with Crippen LogP contribution in [0.3, 0.4) is 0 Å². The van der Waals surface area contributed by atoms with Crippen LogP contribution in [0.4, 0.5) is 0 Å². The molecule has 0 aliphatic heterocycles. The third kappa shape index (κ3) is 1.19. The van der Waals surface area contributed by atoms with Gasteiger partial charge in [0.2, 0.25) is 0 Å². The molecule has 4 unspecified atom stereocenters. The maximum absolute atomic E-state index is 10.4. The Hall–Kier alpha value is -0.0400. The monoisotopic (exact) mass is 168 g/mol.